The first kappa shape index (κ1) is 21.6. The van der Waals surface area contributed by atoms with E-state index in [0.717, 1.165) is 6.42 Å². The van der Waals surface area contributed by atoms with E-state index in [9.17, 15) is 0 Å². The van der Waals surface area contributed by atoms with Crippen molar-refractivity contribution in [3.8, 4) is 0 Å². The van der Waals surface area contributed by atoms with E-state index in [1.807, 2.05) is 0 Å². The molecular formula is C35H30. The van der Waals surface area contributed by atoms with E-state index in [-0.39, 0.29) is 0 Å². The van der Waals surface area contributed by atoms with Gasteiger partial charge in [0.25, 0.3) is 0 Å². The minimum atomic E-state index is 0.307. The highest BCUT2D eigenvalue weighted by molar-refractivity contribution is 5.85. The zero-order valence-corrected chi connectivity index (χ0v) is 20.1. The number of rotatable bonds is 5. The summed E-state index contributed by atoms with van der Waals surface area (Å²) >= 11 is 0. The molecule has 0 heterocycles. The lowest BCUT2D eigenvalue weighted by atomic mass is 9.79. The summed E-state index contributed by atoms with van der Waals surface area (Å²) in [4.78, 5) is 0. The molecule has 0 aromatic heterocycles. The molecule has 2 aliphatic rings. The molecular weight excluding hydrogens is 420 g/mol. The summed E-state index contributed by atoms with van der Waals surface area (Å²) < 4.78 is 0. The van der Waals surface area contributed by atoms with Crippen LogP contribution in [-0.4, -0.2) is 0 Å². The molecule has 4 aromatic carbocycles. The van der Waals surface area contributed by atoms with Crippen molar-refractivity contribution in [2.24, 2.45) is 5.92 Å². The first-order valence-electron chi connectivity index (χ1n) is 12.6. The van der Waals surface area contributed by atoms with E-state index >= 15 is 0 Å². The molecule has 4 aromatic rings. The molecule has 0 saturated carbocycles. The smallest absolute Gasteiger partial charge is 0.0213 e. The molecule has 0 N–H and O–H groups in total. The molecule has 0 nitrogen and oxygen atoms in total. The van der Waals surface area contributed by atoms with Crippen LogP contribution in [0.2, 0.25) is 0 Å². The SMILES string of the molecule is Cc1ccc(C2=CC(c3ccccc3)C(C3=CC(c4ccccc4)C=C3c3ccccc3)C2)cc1. The molecule has 0 bridgehead atoms. The normalized spacial score (nSPS) is 21.4. The van der Waals surface area contributed by atoms with Gasteiger partial charge in [0.2, 0.25) is 0 Å². The van der Waals surface area contributed by atoms with Crippen LogP contribution in [0, 0.1) is 12.8 Å². The van der Waals surface area contributed by atoms with Crippen LogP contribution in [0.5, 0.6) is 0 Å². The highest BCUT2D eigenvalue weighted by Crippen LogP contribution is 2.51. The van der Waals surface area contributed by atoms with E-state index in [1.54, 1.807) is 0 Å². The molecule has 3 atom stereocenters. The summed E-state index contributed by atoms with van der Waals surface area (Å²) in [6.45, 7) is 2.16. The summed E-state index contributed by atoms with van der Waals surface area (Å²) in [5, 5.41) is 0. The molecule has 0 amide bonds. The minimum absolute atomic E-state index is 0.307. The van der Waals surface area contributed by atoms with Gasteiger partial charge in [-0.3, -0.25) is 0 Å². The van der Waals surface area contributed by atoms with Gasteiger partial charge in [-0.15, -0.1) is 0 Å². The standard InChI is InChI=1S/C35H30/c1-25-17-19-27(20-18-25)31-22-33(29-15-9-4-10-16-29)35(24-31)34-23-30(26-11-5-2-6-12-26)21-32(34)28-13-7-3-8-14-28/h2-23,30,33,35H,24H2,1H3. The Bertz CT molecular complexity index is 1390. The maximum absolute atomic E-state index is 2.53. The predicted octanol–water partition coefficient (Wildman–Crippen LogP) is 8.99. The molecule has 0 aliphatic heterocycles. The van der Waals surface area contributed by atoms with Gasteiger partial charge < -0.3 is 0 Å². The van der Waals surface area contributed by atoms with Gasteiger partial charge in [-0.05, 0) is 58.2 Å². The Hall–Kier alpha value is -3.90. The third-order valence-corrected chi connectivity index (χ3v) is 7.55. The van der Waals surface area contributed by atoms with Crippen molar-refractivity contribution in [3.05, 3.63) is 167 Å². The van der Waals surface area contributed by atoms with Crippen LogP contribution in [-0.2, 0) is 0 Å². The third-order valence-electron chi connectivity index (χ3n) is 7.55. The molecule has 0 spiro atoms. The van der Waals surface area contributed by atoms with Crippen molar-refractivity contribution in [2.45, 2.75) is 25.2 Å². The van der Waals surface area contributed by atoms with Crippen LogP contribution in [0.1, 0.15) is 46.1 Å². The second-order valence-electron chi connectivity index (χ2n) is 9.81. The van der Waals surface area contributed by atoms with Crippen LogP contribution >= 0.6 is 0 Å². The summed E-state index contributed by atoms with van der Waals surface area (Å²) in [5.41, 5.74) is 11.1. The van der Waals surface area contributed by atoms with Gasteiger partial charge >= 0.3 is 0 Å². The van der Waals surface area contributed by atoms with E-state index in [1.165, 1.54) is 44.5 Å². The van der Waals surface area contributed by atoms with Gasteiger partial charge in [-0.2, -0.15) is 0 Å². The molecule has 0 fully saturated rings. The van der Waals surface area contributed by atoms with Crippen LogP contribution in [0.15, 0.2) is 139 Å². The fourth-order valence-corrected chi connectivity index (χ4v) is 5.73. The van der Waals surface area contributed by atoms with Crippen molar-refractivity contribution in [3.63, 3.8) is 0 Å². The van der Waals surface area contributed by atoms with Crippen LogP contribution in [0.25, 0.3) is 11.1 Å². The lowest BCUT2D eigenvalue weighted by Crippen LogP contribution is -2.10. The van der Waals surface area contributed by atoms with Crippen molar-refractivity contribution in [1.29, 1.82) is 0 Å². The number of allylic oxidation sites excluding steroid dienone is 6. The zero-order valence-electron chi connectivity index (χ0n) is 20.1. The van der Waals surface area contributed by atoms with Crippen molar-refractivity contribution in [2.75, 3.05) is 0 Å². The molecule has 2 aliphatic carbocycles. The summed E-state index contributed by atoms with van der Waals surface area (Å²) in [6.07, 6.45) is 8.60. The van der Waals surface area contributed by atoms with Gasteiger partial charge in [-0.25, -0.2) is 0 Å². The molecule has 0 saturated heterocycles. The third kappa shape index (κ3) is 4.33. The van der Waals surface area contributed by atoms with Crippen LogP contribution in [0.4, 0.5) is 0 Å². The molecule has 0 heteroatoms. The van der Waals surface area contributed by atoms with Crippen LogP contribution < -0.4 is 0 Å². The first-order valence-corrected chi connectivity index (χ1v) is 12.6. The monoisotopic (exact) mass is 450 g/mol. The van der Waals surface area contributed by atoms with Gasteiger partial charge in [0.15, 0.2) is 0 Å². The largest absolute Gasteiger partial charge is 0.0725 e. The second-order valence-corrected chi connectivity index (χ2v) is 9.81. The Balaban J connectivity index is 1.45. The van der Waals surface area contributed by atoms with Gasteiger partial charge in [0.1, 0.15) is 0 Å². The van der Waals surface area contributed by atoms with Gasteiger partial charge in [0, 0.05) is 11.8 Å². The van der Waals surface area contributed by atoms with Crippen molar-refractivity contribution < 1.29 is 0 Å². The number of hydrogen-bond donors (Lipinski definition) is 0. The van der Waals surface area contributed by atoms with E-state index in [4.69, 9.17) is 0 Å². The topological polar surface area (TPSA) is 0 Å². The number of hydrogen-bond acceptors (Lipinski definition) is 0. The van der Waals surface area contributed by atoms with Crippen molar-refractivity contribution >= 4 is 11.1 Å². The van der Waals surface area contributed by atoms with E-state index < -0.39 is 0 Å². The predicted molar refractivity (Wildman–Crippen MR) is 148 cm³/mol. The molecule has 3 unspecified atom stereocenters. The highest BCUT2D eigenvalue weighted by atomic mass is 14.4. The Kier molecular flexibility index (Phi) is 5.80. The van der Waals surface area contributed by atoms with Gasteiger partial charge in [-0.1, -0.05) is 139 Å². The minimum Gasteiger partial charge on any atom is -0.0725 e. The highest BCUT2D eigenvalue weighted by Gasteiger charge is 2.36. The Morgan fingerprint density at radius 3 is 1.80 bits per heavy atom. The van der Waals surface area contributed by atoms with E-state index in [2.05, 4.69) is 140 Å². The maximum atomic E-state index is 2.53. The van der Waals surface area contributed by atoms with Crippen LogP contribution in [0.3, 0.4) is 0 Å². The van der Waals surface area contributed by atoms with Gasteiger partial charge in [0.05, 0.1) is 0 Å². The summed E-state index contributed by atoms with van der Waals surface area (Å²) in [7, 11) is 0. The van der Waals surface area contributed by atoms with E-state index in [0.29, 0.717) is 17.8 Å². The zero-order chi connectivity index (χ0) is 23.6. The fourth-order valence-electron chi connectivity index (χ4n) is 5.73. The summed E-state index contributed by atoms with van der Waals surface area (Å²) in [5.74, 6) is 1.08. The fraction of sp³-hybridized carbons (Fsp3) is 0.143. The first-order chi connectivity index (χ1) is 17.3. The molecule has 35 heavy (non-hydrogen) atoms. The Labute approximate surface area is 209 Å². The lowest BCUT2D eigenvalue weighted by Gasteiger charge is -2.24. The lowest BCUT2D eigenvalue weighted by molar-refractivity contribution is 0.611. The Morgan fingerprint density at radius 2 is 1.14 bits per heavy atom. The molecule has 0 radical (unpaired) electrons. The number of benzene rings is 4. The summed E-state index contributed by atoms with van der Waals surface area (Å²) in [6, 6.07) is 41.9. The second kappa shape index (κ2) is 9.39. The maximum Gasteiger partial charge on any atom is 0.0213 e. The molecule has 170 valence electrons. The Morgan fingerprint density at radius 1 is 0.543 bits per heavy atom. The average molecular weight is 451 g/mol. The number of aryl methyl sites for hydroxylation is 1. The quantitative estimate of drug-likeness (QED) is 0.284. The molecule has 6 rings (SSSR count). The van der Waals surface area contributed by atoms with Crippen molar-refractivity contribution in [1.82, 2.24) is 0 Å². The average Bonchev–Trinajstić information content (AvgIpc) is 3.56.